The molecule has 0 fully saturated rings. The normalized spacial score (nSPS) is 10.9. The van der Waals surface area contributed by atoms with Crippen LogP contribution in [0.4, 0.5) is 11.4 Å². The third kappa shape index (κ3) is 6.60. The number of amides is 1. The van der Waals surface area contributed by atoms with Crippen molar-refractivity contribution in [3.63, 3.8) is 0 Å². The number of thiocarbonyl (C=S) groups is 1. The van der Waals surface area contributed by atoms with Crippen molar-refractivity contribution >= 4 is 63.9 Å². The second-order valence-corrected chi connectivity index (χ2v) is 8.53. The van der Waals surface area contributed by atoms with Crippen LogP contribution in [0, 0.1) is 6.92 Å². The molecule has 1 heterocycles. The Morgan fingerprint density at radius 2 is 1.85 bits per heavy atom. The lowest BCUT2D eigenvalue weighted by Gasteiger charge is -2.22. The summed E-state index contributed by atoms with van der Waals surface area (Å²) in [7, 11) is 0. The maximum absolute atomic E-state index is 12.3. The van der Waals surface area contributed by atoms with Crippen LogP contribution in [0.25, 0.3) is 17.4 Å². The lowest BCUT2D eigenvalue weighted by atomic mass is 10.1. The molecule has 0 bridgehead atoms. The molecule has 2 N–H and O–H groups in total. The summed E-state index contributed by atoms with van der Waals surface area (Å²) in [5.41, 5.74) is 3.75. The number of aryl methyl sites for hydroxylation is 1. The van der Waals surface area contributed by atoms with Crippen molar-refractivity contribution in [2.75, 3.05) is 23.3 Å². The van der Waals surface area contributed by atoms with Crippen molar-refractivity contribution in [2.24, 2.45) is 0 Å². The molecule has 172 valence electrons. The zero-order chi connectivity index (χ0) is 24.0. The van der Waals surface area contributed by atoms with E-state index in [1.807, 2.05) is 19.1 Å². The quantitative estimate of drug-likeness (QED) is 0.271. The average molecular weight is 502 g/mol. The molecular formula is C25H25Cl2N3O2S. The number of nitrogens with one attached hydrogen (secondary N) is 2. The van der Waals surface area contributed by atoms with E-state index in [1.54, 1.807) is 36.4 Å². The van der Waals surface area contributed by atoms with Crippen molar-refractivity contribution in [1.82, 2.24) is 5.32 Å². The molecule has 1 amide bonds. The van der Waals surface area contributed by atoms with Gasteiger partial charge >= 0.3 is 0 Å². The predicted molar refractivity (Wildman–Crippen MR) is 142 cm³/mol. The Morgan fingerprint density at radius 3 is 2.52 bits per heavy atom. The first kappa shape index (κ1) is 24.8. The highest BCUT2D eigenvalue weighted by Crippen LogP contribution is 2.31. The third-order valence-corrected chi connectivity index (χ3v) is 5.80. The van der Waals surface area contributed by atoms with Crippen LogP contribution in [0.1, 0.15) is 25.2 Å². The van der Waals surface area contributed by atoms with E-state index in [2.05, 4.69) is 35.4 Å². The van der Waals surface area contributed by atoms with Gasteiger partial charge < -0.3 is 14.6 Å². The van der Waals surface area contributed by atoms with E-state index < -0.39 is 0 Å². The predicted octanol–water partition coefficient (Wildman–Crippen LogP) is 6.93. The van der Waals surface area contributed by atoms with Gasteiger partial charge in [0.1, 0.15) is 11.5 Å². The van der Waals surface area contributed by atoms with Crippen molar-refractivity contribution < 1.29 is 9.21 Å². The van der Waals surface area contributed by atoms with E-state index in [0.717, 1.165) is 35.6 Å². The van der Waals surface area contributed by atoms with Crippen LogP contribution in [0.3, 0.4) is 0 Å². The number of hydrogen-bond acceptors (Lipinski definition) is 4. The minimum atomic E-state index is -0.368. The van der Waals surface area contributed by atoms with Crippen LogP contribution < -0.4 is 15.5 Å². The molecule has 0 aliphatic rings. The van der Waals surface area contributed by atoms with Crippen LogP contribution in [0.5, 0.6) is 0 Å². The van der Waals surface area contributed by atoms with Gasteiger partial charge in [-0.2, -0.15) is 0 Å². The number of carbonyl (C=O) groups is 1. The minimum absolute atomic E-state index is 0.219. The Balaban J connectivity index is 1.59. The van der Waals surface area contributed by atoms with Crippen LogP contribution in [0.2, 0.25) is 10.0 Å². The zero-order valence-electron chi connectivity index (χ0n) is 18.6. The Morgan fingerprint density at radius 1 is 1.09 bits per heavy atom. The van der Waals surface area contributed by atoms with Gasteiger partial charge in [-0.15, -0.1) is 0 Å². The zero-order valence-corrected chi connectivity index (χ0v) is 20.9. The first-order valence-electron chi connectivity index (χ1n) is 10.5. The molecule has 0 aliphatic heterocycles. The largest absolute Gasteiger partial charge is 0.457 e. The van der Waals surface area contributed by atoms with Gasteiger partial charge in [-0.25, -0.2) is 0 Å². The highest BCUT2D eigenvalue weighted by Gasteiger charge is 2.10. The van der Waals surface area contributed by atoms with E-state index >= 15 is 0 Å². The van der Waals surface area contributed by atoms with Gasteiger partial charge in [0.2, 0.25) is 5.91 Å². The molecule has 0 unspecified atom stereocenters. The fourth-order valence-corrected chi connectivity index (χ4v) is 4.03. The number of benzene rings is 2. The molecular weight excluding hydrogens is 477 g/mol. The van der Waals surface area contributed by atoms with Crippen molar-refractivity contribution in [3.05, 3.63) is 76.0 Å². The topological polar surface area (TPSA) is 57.5 Å². The number of carbonyl (C=O) groups excluding carboxylic acids is 1. The lowest BCUT2D eigenvalue weighted by molar-refractivity contribution is -0.115. The van der Waals surface area contributed by atoms with Gasteiger partial charge in [-0.05, 0) is 93.2 Å². The van der Waals surface area contributed by atoms with Gasteiger partial charge in [-0.3, -0.25) is 10.1 Å². The minimum Gasteiger partial charge on any atom is -0.457 e. The Kier molecular flexibility index (Phi) is 8.55. The molecule has 8 heteroatoms. The number of furan rings is 1. The first-order valence-corrected chi connectivity index (χ1v) is 11.7. The highest BCUT2D eigenvalue weighted by atomic mass is 35.5. The summed E-state index contributed by atoms with van der Waals surface area (Å²) >= 11 is 17.5. The van der Waals surface area contributed by atoms with E-state index in [1.165, 1.54) is 6.08 Å². The Hall–Kier alpha value is -2.80. The second-order valence-electron chi connectivity index (χ2n) is 7.27. The second kappa shape index (κ2) is 11.4. The molecule has 33 heavy (non-hydrogen) atoms. The fourth-order valence-electron chi connectivity index (χ4n) is 3.31. The summed E-state index contributed by atoms with van der Waals surface area (Å²) in [6.45, 7) is 8.13. The Labute approximate surface area is 209 Å². The standard InChI is InChI=1S/C25H25Cl2N3O2S/c1-4-30(5-2)18-7-11-22(16(3)14-18)28-25(33)29-24(31)13-9-19-8-12-23(32-19)20-10-6-17(26)15-21(20)27/h6-15H,4-5H2,1-3H3,(H2,28,29,31,33)/b13-9+. The summed E-state index contributed by atoms with van der Waals surface area (Å²) in [5, 5.41) is 6.98. The van der Waals surface area contributed by atoms with Gasteiger partial charge in [0.15, 0.2) is 5.11 Å². The van der Waals surface area contributed by atoms with Crippen LogP contribution >= 0.6 is 35.4 Å². The van der Waals surface area contributed by atoms with Crippen molar-refractivity contribution in [3.8, 4) is 11.3 Å². The van der Waals surface area contributed by atoms with Gasteiger partial charge in [0.25, 0.3) is 0 Å². The van der Waals surface area contributed by atoms with Crippen molar-refractivity contribution in [1.29, 1.82) is 0 Å². The lowest BCUT2D eigenvalue weighted by Crippen LogP contribution is -2.33. The molecule has 3 rings (SSSR count). The maximum atomic E-state index is 12.3. The molecule has 0 radical (unpaired) electrons. The molecule has 1 aromatic heterocycles. The summed E-state index contributed by atoms with van der Waals surface area (Å²) in [6, 6.07) is 14.8. The van der Waals surface area contributed by atoms with Crippen LogP contribution in [-0.4, -0.2) is 24.1 Å². The summed E-state index contributed by atoms with van der Waals surface area (Å²) in [4.78, 5) is 14.5. The number of nitrogens with zero attached hydrogens (tertiary/aromatic N) is 1. The summed E-state index contributed by atoms with van der Waals surface area (Å²) in [5.74, 6) is 0.720. The number of hydrogen-bond donors (Lipinski definition) is 2. The molecule has 5 nitrogen and oxygen atoms in total. The number of anilines is 2. The monoisotopic (exact) mass is 501 g/mol. The summed E-state index contributed by atoms with van der Waals surface area (Å²) < 4.78 is 5.76. The molecule has 0 saturated carbocycles. The molecule has 0 spiro atoms. The smallest absolute Gasteiger partial charge is 0.250 e. The number of halogens is 2. The number of rotatable bonds is 7. The van der Waals surface area contributed by atoms with Gasteiger partial charge in [-0.1, -0.05) is 23.2 Å². The highest BCUT2D eigenvalue weighted by molar-refractivity contribution is 7.80. The van der Waals surface area contributed by atoms with E-state index in [-0.39, 0.29) is 11.0 Å². The van der Waals surface area contributed by atoms with Crippen molar-refractivity contribution in [2.45, 2.75) is 20.8 Å². The van der Waals surface area contributed by atoms with Gasteiger partial charge in [0, 0.05) is 41.1 Å². The average Bonchev–Trinajstić information content (AvgIpc) is 3.23. The fraction of sp³-hybridized carbons (Fsp3) is 0.200. The maximum Gasteiger partial charge on any atom is 0.250 e. The van der Waals surface area contributed by atoms with E-state index in [4.69, 9.17) is 39.8 Å². The molecule has 2 aromatic carbocycles. The van der Waals surface area contributed by atoms with Crippen LogP contribution in [-0.2, 0) is 4.79 Å². The van der Waals surface area contributed by atoms with E-state index in [9.17, 15) is 4.79 Å². The van der Waals surface area contributed by atoms with Crippen LogP contribution in [0.15, 0.2) is 59.0 Å². The van der Waals surface area contributed by atoms with Gasteiger partial charge in [0.05, 0.1) is 5.02 Å². The third-order valence-electron chi connectivity index (χ3n) is 5.05. The first-order chi connectivity index (χ1) is 15.8. The SMILES string of the molecule is CCN(CC)c1ccc(NC(=S)NC(=O)/C=C/c2ccc(-c3ccc(Cl)cc3Cl)o2)c(C)c1. The van der Waals surface area contributed by atoms with E-state index in [0.29, 0.717) is 21.6 Å². The molecule has 3 aromatic rings. The molecule has 0 aliphatic carbocycles. The molecule has 0 saturated heterocycles. The molecule has 0 atom stereocenters. The Bertz CT molecular complexity index is 1190. The summed E-state index contributed by atoms with van der Waals surface area (Å²) in [6.07, 6.45) is 2.92.